The summed E-state index contributed by atoms with van der Waals surface area (Å²) in [5.74, 6) is 2.85. The normalized spacial score (nSPS) is 29.6. The lowest BCUT2D eigenvalue weighted by Crippen LogP contribution is -2.28. The Morgan fingerprint density at radius 3 is 2.42 bits per heavy atom. The Hall–Kier alpha value is 0.130. The second kappa shape index (κ2) is 3.47. The largest absolute Gasteiger partial charge is 0.369 e. The van der Waals surface area contributed by atoms with Gasteiger partial charge in [-0.15, -0.1) is 0 Å². The first kappa shape index (κ1) is 10.2. The van der Waals surface area contributed by atoms with E-state index in [2.05, 4.69) is 40.4 Å². The van der Waals surface area contributed by atoms with E-state index in [1.54, 1.807) is 0 Å². The van der Waals surface area contributed by atoms with E-state index in [4.69, 9.17) is 4.74 Å². The quantitative estimate of drug-likeness (QED) is 0.599. The van der Waals surface area contributed by atoms with E-state index in [-0.39, 0.29) is 7.92 Å². The summed E-state index contributed by atoms with van der Waals surface area (Å²) < 4.78 is 5.69. The molecule has 0 aromatic heterocycles. The predicted octanol–water partition coefficient (Wildman–Crippen LogP) is 3.55. The van der Waals surface area contributed by atoms with Crippen LogP contribution in [0.25, 0.3) is 0 Å². The molecule has 70 valence electrons. The Labute approximate surface area is 76.9 Å². The van der Waals surface area contributed by atoms with Crippen molar-refractivity contribution in [1.82, 2.24) is 0 Å². The molecule has 0 amide bonds. The van der Waals surface area contributed by atoms with Crippen molar-refractivity contribution in [3.63, 3.8) is 0 Å². The Morgan fingerprint density at radius 1 is 1.50 bits per heavy atom. The van der Waals surface area contributed by atoms with Crippen molar-refractivity contribution in [2.45, 2.75) is 45.6 Å². The molecule has 0 spiro atoms. The summed E-state index contributed by atoms with van der Waals surface area (Å²) in [6.45, 7) is 12.0. The van der Waals surface area contributed by atoms with E-state index in [0.717, 1.165) is 6.61 Å². The van der Waals surface area contributed by atoms with Gasteiger partial charge in [0.05, 0.1) is 0 Å². The van der Waals surface area contributed by atoms with E-state index in [1.165, 1.54) is 5.57 Å². The van der Waals surface area contributed by atoms with Crippen LogP contribution >= 0.6 is 7.92 Å². The molecule has 1 nitrogen and oxygen atoms in total. The molecule has 1 heterocycles. The summed E-state index contributed by atoms with van der Waals surface area (Å²) in [4.78, 5) is 0. The zero-order valence-electron chi connectivity index (χ0n) is 8.72. The first-order valence-electron chi connectivity index (χ1n) is 4.55. The fourth-order valence-corrected chi connectivity index (χ4v) is 3.78. The minimum Gasteiger partial charge on any atom is -0.369 e. The Morgan fingerprint density at radius 2 is 2.08 bits per heavy atom. The predicted molar refractivity (Wildman–Crippen MR) is 55.8 cm³/mol. The lowest BCUT2D eigenvalue weighted by molar-refractivity contribution is 0.138. The molecule has 0 aromatic rings. The molecule has 1 aliphatic heterocycles. The standard InChI is InChI=1S/C10H19OP/c1-6-11-9-8(2)7-12(9)10(3,4)5/h7,9H,6H2,1-5H3. The van der Waals surface area contributed by atoms with Gasteiger partial charge in [0.2, 0.25) is 0 Å². The van der Waals surface area contributed by atoms with Gasteiger partial charge in [-0.2, -0.15) is 0 Å². The first-order valence-corrected chi connectivity index (χ1v) is 6.03. The van der Waals surface area contributed by atoms with E-state index < -0.39 is 0 Å². The van der Waals surface area contributed by atoms with Gasteiger partial charge in [-0.25, -0.2) is 0 Å². The third kappa shape index (κ3) is 1.89. The van der Waals surface area contributed by atoms with Crippen LogP contribution in [0.5, 0.6) is 0 Å². The molecular formula is C10H19OP. The third-order valence-corrected chi connectivity index (χ3v) is 5.38. The van der Waals surface area contributed by atoms with Crippen molar-refractivity contribution in [2.75, 3.05) is 6.61 Å². The summed E-state index contributed by atoms with van der Waals surface area (Å²) >= 11 is 0. The highest BCUT2D eigenvalue weighted by Gasteiger charge is 2.37. The molecule has 0 N–H and O–H groups in total. The fraction of sp³-hybridized carbons (Fsp3) is 0.800. The molecule has 0 aromatic carbocycles. The van der Waals surface area contributed by atoms with Crippen LogP contribution in [0.15, 0.2) is 11.4 Å². The number of hydrogen-bond donors (Lipinski definition) is 0. The van der Waals surface area contributed by atoms with Gasteiger partial charge >= 0.3 is 0 Å². The summed E-state index contributed by atoms with van der Waals surface area (Å²) in [5, 5.41) is 0.411. The van der Waals surface area contributed by atoms with E-state index >= 15 is 0 Å². The van der Waals surface area contributed by atoms with Gasteiger partial charge in [-0.3, -0.25) is 0 Å². The smallest absolute Gasteiger partial charge is 0.101 e. The summed E-state index contributed by atoms with van der Waals surface area (Å²) in [6.07, 6.45) is 0. The topological polar surface area (TPSA) is 9.23 Å². The van der Waals surface area contributed by atoms with Gasteiger partial charge in [0.25, 0.3) is 0 Å². The third-order valence-electron chi connectivity index (χ3n) is 2.08. The molecule has 2 unspecified atom stereocenters. The van der Waals surface area contributed by atoms with Crippen LogP contribution in [0.2, 0.25) is 0 Å². The van der Waals surface area contributed by atoms with E-state index in [1.807, 2.05) is 0 Å². The van der Waals surface area contributed by atoms with Crippen molar-refractivity contribution < 1.29 is 4.74 Å². The molecule has 0 aliphatic carbocycles. The summed E-state index contributed by atoms with van der Waals surface area (Å²) in [6, 6.07) is 0. The van der Waals surface area contributed by atoms with Crippen LogP contribution in [0.3, 0.4) is 0 Å². The van der Waals surface area contributed by atoms with Crippen molar-refractivity contribution in [3.05, 3.63) is 11.4 Å². The van der Waals surface area contributed by atoms with Crippen LogP contribution in [-0.2, 0) is 4.74 Å². The monoisotopic (exact) mass is 186 g/mol. The summed E-state index contributed by atoms with van der Waals surface area (Å²) in [7, 11) is -0.0318. The zero-order valence-corrected chi connectivity index (χ0v) is 9.61. The van der Waals surface area contributed by atoms with Crippen molar-refractivity contribution >= 4 is 7.92 Å². The number of ether oxygens (including phenoxy) is 1. The Balaban J connectivity index is 2.60. The highest BCUT2D eigenvalue weighted by Crippen LogP contribution is 2.64. The van der Waals surface area contributed by atoms with Crippen molar-refractivity contribution in [2.24, 2.45) is 0 Å². The van der Waals surface area contributed by atoms with Crippen LogP contribution < -0.4 is 0 Å². The molecule has 2 atom stereocenters. The lowest BCUT2D eigenvalue weighted by Gasteiger charge is -2.42. The highest BCUT2D eigenvalue weighted by atomic mass is 31.1. The van der Waals surface area contributed by atoms with Crippen LogP contribution in [0, 0.1) is 0 Å². The highest BCUT2D eigenvalue weighted by molar-refractivity contribution is 7.64. The zero-order chi connectivity index (χ0) is 9.35. The minimum absolute atomic E-state index is 0.0318. The average molecular weight is 186 g/mol. The summed E-state index contributed by atoms with van der Waals surface area (Å²) in [5.41, 5.74) is 1.43. The Kier molecular flexibility index (Phi) is 2.96. The molecule has 0 radical (unpaired) electrons. The molecule has 1 aliphatic rings. The van der Waals surface area contributed by atoms with Crippen molar-refractivity contribution in [1.29, 1.82) is 0 Å². The molecule has 1 rings (SSSR count). The molecule has 0 saturated carbocycles. The van der Waals surface area contributed by atoms with Crippen LogP contribution in [0.1, 0.15) is 34.6 Å². The SMILES string of the molecule is CCOC1C(C)=CP1C(C)(C)C. The molecule has 2 heteroatoms. The molecule has 0 saturated heterocycles. The van der Waals surface area contributed by atoms with E-state index in [0.29, 0.717) is 11.0 Å². The van der Waals surface area contributed by atoms with Gasteiger partial charge in [0, 0.05) is 6.61 Å². The fourth-order valence-electron chi connectivity index (χ4n) is 1.40. The molecule has 0 bridgehead atoms. The second-order valence-corrected chi connectivity index (χ2v) is 7.14. The molecular weight excluding hydrogens is 167 g/mol. The van der Waals surface area contributed by atoms with Gasteiger partial charge in [-0.1, -0.05) is 26.6 Å². The van der Waals surface area contributed by atoms with Crippen LogP contribution in [-0.4, -0.2) is 17.6 Å². The van der Waals surface area contributed by atoms with Gasteiger partial charge in [-0.05, 0) is 32.5 Å². The Bertz CT molecular complexity index is 191. The molecule has 0 fully saturated rings. The lowest BCUT2D eigenvalue weighted by atomic mass is 10.2. The second-order valence-electron chi connectivity index (χ2n) is 4.26. The van der Waals surface area contributed by atoms with Crippen molar-refractivity contribution in [3.8, 4) is 0 Å². The minimum atomic E-state index is -0.0318. The maximum Gasteiger partial charge on any atom is 0.101 e. The van der Waals surface area contributed by atoms with E-state index in [9.17, 15) is 0 Å². The van der Waals surface area contributed by atoms with Crippen LogP contribution in [0.4, 0.5) is 0 Å². The number of rotatable bonds is 2. The maximum absolute atomic E-state index is 5.69. The van der Waals surface area contributed by atoms with Gasteiger partial charge < -0.3 is 4.74 Å². The molecule has 12 heavy (non-hydrogen) atoms. The van der Waals surface area contributed by atoms with Gasteiger partial charge in [0.1, 0.15) is 5.85 Å². The number of hydrogen-bond acceptors (Lipinski definition) is 1. The average Bonchev–Trinajstić information content (AvgIpc) is 1.93. The van der Waals surface area contributed by atoms with Gasteiger partial charge in [0.15, 0.2) is 0 Å². The first-order chi connectivity index (χ1) is 5.46. The maximum atomic E-state index is 5.69.